The van der Waals surface area contributed by atoms with E-state index in [0.29, 0.717) is 0 Å². The molecule has 1 heterocycles. The predicted molar refractivity (Wildman–Crippen MR) is 69.2 cm³/mol. The Balaban J connectivity index is 2.13. The zero-order valence-corrected chi connectivity index (χ0v) is 11.0. The number of β-amino-alcohol motifs (C(OH)–C–C–N with tert-alkyl or cyclic N) is 1. The SMILES string of the molecule is O=C(O)C1CC(O)CN1C(=O)Nc1cc(F)cc(Cl)c1. The lowest BCUT2D eigenvalue weighted by Crippen LogP contribution is -2.43. The average molecular weight is 303 g/mol. The van der Waals surface area contributed by atoms with E-state index in [2.05, 4.69) is 5.32 Å². The van der Waals surface area contributed by atoms with E-state index < -0.39 is 30.0 Å². The Kier molecular flexibility index (Phi) is 4.10. The molecule has 2 amide bonds. The lowest BCUT2D eigenvalue weighted by Gasteiger charge is -2.21. The van der Waals surface area contributed by atoms with Crippen molar-refractivity contribution >= 4 is 29.3 Å². The van der Waals surface area contributed by atoms with Crippen molar-refractivity contribution in [3.63, 3.8) is 0 Å². The summed E-state index contributed by atoms with van der Waals surface area (Å²) in [6, 6.07) is 1.65. The zero-order valence-electron chi connectivity index (χ0n) is 10.2. The molecule has 6 nitrogen and oxygen atoms in total. The van der Waals surface area contributed by atoms with Gasteiger partial charge in [0, 0.05) is 23.7 Å². The maximum absolute atomic E-state index is 13.1. The lowest BCUT2D eigenvalue weighted by molar-refractivity contribution is -0.141. The Morgan fingerprint density at radius 3 is 2.70 bits per heavy atom. The molecule has 1 aliphatic heterocycles. The molecule has 0 radical (unpaired) electrons. The van der Waals surface area contributed by atoms with E-state index in [4.69, 9.17) is 16.7 Å². The van der Waals surface area contributed by atoms with E-state index in [0.717, 1.165) is 17.0 Å². The lowest BCUT2D eigenvalue weighted by atomic mass is 10.2. The van der Waals surface area contributed by atoms with Gasteiger partial charge in [-0.25, -0.2) is 14.0 Å². The molecule has 20 heavy (non-hydrogen) atoms. The number of carbonyl (C=O) groups is 2. The third-order valence-corrected chi connectivity index (χ3v) is 3.16. The summed E-state index contributed by atoms with van der Waals surface area (Å²) in [7, 11) is 0. The van der Waals surface area contributed by atoms with Crippen molar-refractivity contribution in [2.45, 2.75) is 18.6 Å². The summed E-state index contributed by atoms with van der Waals surface area (Å²) in [6.07, 6.45) is -0.926. The van der Waals surface area contributed by atoms with E-state index in [-0.39, 0.29) is 23.7 Å². The molecule has 8 heteroatoms. The van der Waals surface area contributed by atoms with Gasteiger partial charge in [-0.1, -0.05) is 11.6 Å². The molecule has 2 rings (SSSR count). The first-order chi connectivity index (χ1) is 9.36. The smallest absolute Gasteiger partial charge is 0.326 e. The number of nitrogens with zero attached hydrogens (tertiary/aromatic N) is 1. The Hall–Kier alpha value is -1.86. The van der Waals surface area contributed by atoms with Crippen molar-refractivity contribution in [3.8, 4) is 0 Å². The Labute approximate surface area is 118 Å². The van der Waals surface area contributed by atoms with Crippen LogP contribution in [0.4, 0.5) is 14.9 Å². The number of urea groups is 1. The fourth-order valence-corrected chi connectivity index (χ4v) is 2.32. The van der Waals surface area contributed by atoms with Crippen molar-refractivity contribution < 1.29 is 24.2 Å². The van der Waals surface area contributed by atoms with Crippen LogP contribution < -0.4 is 5.32 Å². The summed E-state index contributed by atoms with van der Waals surface area (Å²) >= 11 is 5.66. The molecule has 0 aromatic heterocycles. The highest BCUT2D eigenvalue weighted by Crippen LogP contribution is 2.22. The number of carboxylic acids is 1. The second-order valence-electron chi connectivity index (χ2n) is 4.48. The molecule has 2 unspecified atom stereocenters. The molecule has 0 bridgehead atoms. The molecule has 1 aromatic rings. The third-order valence-electron chi connectivity index (χ3n) is 2.94. The quantitative estimate of drug-likeness (QED) is 0.773. The number of hydrogen-bond donors (Lipinski definition) is 3. The van der Waals surface area contributed by atoms with E-state index in [1.54, 1.807) is 0 Å². The minimum absolute atomic E-state index is 0.0351. The second kappa shape index (κ2) is 5.64. The van der Waals surface area contributed by atoms with E-state index in [1.807, 2.05) is 0 Å². The number of benzene rings is 1. The highest BCUT2D eigenvalue weighted by atomic mass is 35.5. The van der Waals surface area contributed by atoms with E-state index in [9.17, 15) is 19.1 Å². The van der Waals surface area contributed by atoms with Crippen LogP contribution in [0.15, 0.2) is 18.2 Å². The molecule has 1 fully saturated rings. The van der Waals surface area contributed by atoms with Crippen LogP contribution in [0.25, 0.3) is 0 Å². The van der Waals surface area contributed by atoms with Gasteiger partial charge in [-0.05, 0) is 18.2 Å². The van der Waals surface area contributed by atoms with Crippen molar-refractivity contribution in [2.75, 3.05) is 11.9 Å². The molecular formula is C12H12ClFN2O4. The van der Waals surface area contributed by atoms with E-state index >= 15 is 0 Å². The van der Waals surface area contributed by atoms with Gasteiger partial charge in [0.25, 0.3) is 0 Å². The van der Waals surface area contributed by atoms with Gasteiger partial charge in [-0.15, -0.1) is 0 Å². The number of carboxylic acid groups (broad SMARTS) is 1. The summed E-state index contributed by atoms with van der Waals surface area (Å²) in [5, 5.41) is 20.9. The number of anilines is 1. The molecule has 108 valence electrons. The Morgan fingerprint density at radius 1 is 1.40 bits per heavy atom. The largest absolute Gasteiger partial charge is 0.480 e. The van der Waals surface area contributed by atoms with Gasteiger partial charge < -0.3 is 20.4 Å². The summed E-state index contributed by atoms with van der Waals surface area (Å²) in [5.74, 6) is -1.82. The number of nitrogens with one attached hydrogen (secondary N) is 1. The number of aliphatic hydroxyl groups is 1. The summed E-state index contributed by atoms with van der Waals surface area (Å²) in [4.78, 5) is 24.0. The number of hydrogen-bond acceptors (Lipinski definition) is 3. The first-order valence-electron chi connectivity index (χ1n) is 5.81. The fraction of sp³-hybridized carbons (Fsp3) is 0.333. The summed E-state index contributed by atoms with van der Waals surface area (Å²) in [6.45, 7) is -0.0914. The minimum atomic E-state index is -1.20. The highest BCUT2D eigenvalue weighted by molar-refractivity contribution is 6.30. The molecular weight excluding hydrogens is 291 g/mol. The summed E-state index contributed by atoms with van der Waals surface area (Å²) < 4.78 is 13.1. The van der Waals surface area contributed by atoms with Crippen molar-refractivity contribution in [2.24, 2.45) is 0 Å². The van der Waals surface area contributed by atoms with Gasteiger partial charge in [-0.3, -0.25) is 0 Å². The minimum Gasteiger partial charge on any atom is -0.480 e. The zero-order chi connectivity index (χ0) is 14.9. The normalized spacial score (nSPS) is 21.9. The van der Waals surface area contributed by atoms with Crippen molar-refractivity contribution in [1.82, 2.24) is 4.90 Å². The monoisotopic (exact) mass is 302 g/mol. The molecule has 2 atom stereocenters. The molecule has 0 spiro atoms. The van der Waals surface area contributed by atoms with Gasteiger partial charge in [0.15, 0.2) is 0 Å². The fourth-order valence-electron chi connectivity index (χ4n) is 2.09. The Morgan fingerprint density at radius 2 is 2.10 bits per heavy atom. The first kappa shape index (κ1) is 14.5. The number of amides is 2. The molecule has 0 aliphatic carbocycles. The van der Waals surface area contributed by atoms with Crippen LogP contribution in [0.3, 0.4) is 0 Å². The molecule has 1 aliphatic rings. The number of rotatable bonds is 2. The second-order valence-corrected chi connectivity index (χ2v) is 4.92. The van der Waals surface area contributed by atoms with Crippen molar-refractivity contribution in [1.29, 1.82) is 0 Å². The highest BCUT2D eigenvalue weighted by Gasteiger charge is 2.39. The van der Waals surface area contributed by atoms with Gasteiger partial charge in [0.2, 0.25) is 0 Å². The summed E-state index contributed by atoms with van der Waals surface area (Å²) in [5.41, 5.74) is 0.116. The number of likely N-dealkylation sites (tertiary alicyclic amines) is 1. The van der Waals surface area contributed by atoms with Crippen LogP contribution in [0.1, 0.15) is 6.42 Å². The van der Waals surface area contributed by atoms with Crippen LogP contribution >= 0.6 is 11.6 Å². The predicted octanol–water partition coefficient (Wildman–Crippen LogP) is 1.53. The van der Waals surface area contributed by atoms with Gasteiger partial charge in [0.05, 0.1) is 6.10 Å². The first-order valence-corrected chi connectivity index (χ1v) is 6.19. The molecule has 3 N–H and O–H groups in total. The molecule has 0 saturated carbocycles. The van der Waals surface area contributed by atoms with Gasteiger partial charge >= 0.3 is 12.0 Å². The van der Waals surface area contributed by atoms with Gasteiger partial charge in [-0.2, -0.15) is 0 Å². The van der Waals surface area contributed by atoms with E-state index in [1.165, 1.54) is 6.07 Å². The van der Waals surface area contributed by atoms with Crippen LogP contribution in [-0.2, 0) is 4.79 Å². The maximum atomic E-state index is 13.1. The van der Waals surface area contributed by atoms with Crippen LogP contribution in [0.2, 0.25) is 5.02 Å². The number of aliphatic hydroxyl groups excluding tert-OH is 1. The average Bonchev–Trinajstić information content (AvgIpc) is 2.70. The number of halogens is 2. The molecule has 1 aromatic carbocycles. The van der Waals surface area contributed by atoms with Crippen LogP contribution in [0.5, 0.6) is 0 Å². The standard InChI is InChI=1S/C12H12ClFN2O4/c13-6-1-7(14)3-8(2-6)15-12(20)16-5-9(17)4-10(16)11(18)19/h1-3,9-10,17H,4-5H2,(H,15,20)(H,18,19). The maximum Gasteiger partial charge on any atom is 0.326 e. The van der Waals surface area contributed by atoms with Crippen molar-refractivity contribution in [3.05, 3.63) is 29.0 Å². The molecule has 1 saturated heterocycles. The van der Waals surface area contributed by atoms with Gasteiger partial charge in [0.1, 0.15) is 11.9 Å². The van der Waals surface area contributed by atoms with Crippen LogP contribution in [-0.4, -0.2) is 45.8 Å². The number of aliphatic carboxylic acids is 1. The number of carbonyl (C=O) groups excluding carboxylic acids is 1. The van der Waals surface area contributed by atoms with Crippen LogP contribution in [0, 0.1) is 5.82 Å². The third kappa shape index (κ3) is 3.17. The topological polar surface area (TPSA) is 89.9 Å². The Bertz CT molecular complexity index is 534.